The van der Waals surface area contributed by atoms with Gasteiger partial charge in [-0.2, -0.15) is 0 Å². The van der Waals surface area contributed by atoms with Gasteiger partial charge in [0, 0.05) is 15.7 Å². The first-order valence-electron chi connectivity index (χ1n) is 8.34. The van der Waals surface area contributed by atoms with Gasteiger partial charge in [-0.25, -0.2) is 9.79 Å². The lowest BCUT2D eigenvalue weighted by Crippen LogP contribution is -2.34. The van der Waals surface area contributed by atoms with Crippen LogP contribution in [-0.4, -0.2) is 21.1 Å². The Balaban J connectivity index is 1.88. The Labute approximate surface area is 171 Å². The number of rotatable bonds is 3. The molecule has 2 aliphatic rings. The summed E-state index contributed by atoms with van der Waals surface area (Å²) in [5, 5.41) is 11.5. The van der Waals surface area contributed by atoms with Crippen LogP contribution in [0.5, 0.6) is 0 Å². The third kappa shape index (κ3) is 2.94. The highest BCUT2D eigenvalue weighted by molar-refractivity contribution is 8.18. The number of hydrogen-bond donors (Lipinski definition) is 1. The fourth-order valence-electron chi connectivity index (χ4n) is 3.69. The van der Waals surface area contributed by atoms with Gasteiger partial charge >= 0.3 is 5.97 Å². The number of aliphatic carboxylic acids is 1. The Kier molecular flexibility index (Phi) is 4.49. The van der Waals surface area contributed by atoms with Gasteiger partial charge < -0.3 is 10.0 Å². The van der Waals surface area contributed by atoms with Crippen LogP contribution in [0.2, 0.25) is 10.0 Å². The molecule has 2 aromatic rings. The zero-order valence-corrected chi connectivity index (χ0v) is 16.9. The number of carboxylic acids is 1. The van der Waals surface area contributed by atoms with Crippen LogP contribution in [0.15, 0.2) is 64.1 Å². The van der Waals surface area contributed by atoms with Crippen LogP contribution in [0, 0.1) is 0 Å². The van der Waals surface area contributed by atoms with Crippen molar-refractivity contribution in [1.82, 2.24) is 4.90 Å². The maximum atomic E-state index is 11.6. The van der Waals surface area contributed by atoms with E-state index >= 15 is 0 Å². The number of hydrogen-bond acceptors (Lipinski definition) is 4. The van der Waals surface area contributed by atoms with Crippen molar-refractivity contribution in [1.29, 1.82) is 0 Å². The normalized spacial score (nSPS) is 24.2. The van der Waals surface area contributed by atoms with E-state index in [9.17, 15) is 9.90 Å². The van der Waals surface area contributed by atoms with Crippen molar-refractivity contribution in [3.8, 4) is 0 Å². The molecule has 2 atom stereocenters. The molecule has 27 heavy (non-hydrogen) atoms. The summed E-state index contributed by atoms with van der Waals surface area (Å²) in [6.07, 6.45) is 0. The average Bonchev–Trinajstić information content (AvgIpc) is 3.10. The van der Waals surface area contributed by atoms with Crippen LogP contribution in [-0.2, 0) is 10.3 Å². The molecule has 0 amide bonds. The molecule has 0 spiro atoms. The lowest BCUT2D eigenvalue weighted by molar-refractivity contribution is -0.131. The minimum atomic E-state index is -0.933. The first-order chi connectivity index (χ1) is 12.8. The Bertz CT molecular complexity index is 986. The molecule has 0 saturated carbocycles. The molecule has 2 aromatic carbocycles. The minimum Gasteiger partial charge on any atom is -0.477 e. The zero-order valence-electron chi connectivity index (χ0n) is 14.6. The van der Waals surface area contributed by atoms with E-state index in [4.69, 9.17) is 28.2 Å². The highest BCUT2D eigenvalue weighted by Crippen LogP contribution is 2.54. The van der Waals surface area contributed by atoms with Crippen molar-refractivity contribution in [2.75, 3.05) is 0 Å². The quantitative estimate of drug-likeness (QED) is 0.695. The number of carbonyl (C=O) groups is 1. The number of allylic oxidation sites excluding steroid dienone is 1. The van der Waals surface area contributed by atoms with Gasteiger partial charge in [0.1, 0.15) is 10.4 Å². The van der Waals surface area contributed by atoms with Crippen molar-refractivity contribution in [3.05, 3.63) is 80.3 Å². The first-order valence-corrected chi connectivity index (χ1v) is 9.91. The summed E-state index contributed by atoms with van der Waals surface area (Å²) in [4.78, 5) is 18.9. The van der Waals surface area contributed by atoms with Gasteiger partial charge in [-0.3, -0.25) is 0 Å². The molecule has 0 saturated heterocycles. The van der Waals surface area contributed by atoms with Crippen LogP contribution in [0.4, 0.5) is 0 Å². The monoisotopic (exact) mass is 418 g/mol. The fraction of sp³-hybridized carbons (Fsp3) is 0.200. The summed E-state index contributed by atoms with van der Waals surface area (Å²) in [6.45, 7) is 3.89. The summed E-state index contributed by atoms with van der Waals surface area (Å²) in [5.74, 6) is -0.933. The predicted octanol–water partition coefficient (Wildman–Crippen LogP) is 5.68. The molecule has 4 nitrogen and oxygen atoms in total. The molecule has 0 radical (unpaired) electrons. The molecular weight excluding hydrogens is 403 g/mol. The molecule has 4 rings (SSSR count). The SMILES string of the molecule is CC1=C(C(=O)O)SC2=N[C@@](C)(c3ccc(Cl)cc3)C(c3ccc(Cl)cc3)N21. The second-order valence-electron chi connectivity index (χ2n) is 6.69. The molecule has 7 heteroatoms. The van der Waals surface area contributed by atoms with Gasteiger partial charge in [0.15, 0.2) is 5.17 Å². The van der Waals surface area contributed by atoms with Gasteiger partial charge in [0.2, 0.25) is 0 Å². The molecule has 2 heterocycles. The lowest BCUT2D eigenvalue weighted by Gasteiger charge is -2.35. The first kappa shape index (κ1) is 18.4. The highest BCUT2D eigenvalue weighted by atomic mass is 35.5. The predicted molar refractivity (Wildman–Crippen MR) is 110 cm³/mol. The summed E-state index contributed by atoms with van der Waals surface area (Å²) >= 11 is 13.4. The van der Waals surface area contributed by atoms with Crippen LogP contribution in [0.25, 0.3) is 0 Å². The number of thioether (sulfide) groups is 1. The number of carboxylic acid groups (broad SMARTS) is 1. The molecule has 0 fully saturated rings. The van der Waals surface area contributed by atoms with Crippen molar-refractivity contribution < 1.29 is 9.90 Å². The number of aliphatic imine (C=N–C) groups is 1. The van der Waals surface area contributed by atoms with E-state index < -0.39 is 11.5 Å². The van der Waals surface area contributed by atoms with E-state index in [0.29, 0.717) is 25.8 Å². The van der Waals surface area contributed by atoms with E-state index in [1.807, 2.05) is 60.4 Å². The van der Waals surface area contributed by atoms with Gasteiger partial charge in [-0.05, 0) is 61.0 Å². The Morgan fingerprint density at radius 1 is 1.11 bits per heavy atom. The van der Waals surface area contributed by atoms with E-state index in [2.05, 4.69) is 6.92 Å². The molecule has 1 N–H and O–H groups in total. The van der Waals surface area contributed by atoms with Crippen LogP contribution >= 0.6 is 35.0 Å². The Morgan fingerprint density at radius 2 is 1.67 bits per heavy atom. The third-order valence-electron chi connectivity index (χ3n) is 5.02. The van der Waals surface area contributed by atoms with Gasteiger partial charge in [0.05, 0.1) is 6.04 Å². The van der Waals surface area contributed by atoms with Gasteiger partial charge in [0.25, 0.3) is 0 Å². The molecular formula is C20H16Cl2N2O2S. The number of halogens is 2. The number of fused-ring (bicyclic) bond motifs is 1. The number of amidine groups is 1. The van der Waals surface area contributed by atoms with Gasteiger partial charge in [-0.1, -0.05) is 47.5 Å². The molecule has 138 valence electrons. The van der Waals surface area contributed by atoms with Crippen molar-refractivity contribution >= 4 is 46.1 Å². The van der Waals surface area contributed by atoms with E-state index in [1.54, 1.807) is 0 Å². The number of nitrogens with zero attached hydrogens (tertiary/aromatic N) is 2. The van der Waals surface area contributed by atoms with E-state index in [1.165, 1.54) is 11.8 Å². The molecule has 1 unspecified atom stereocenters. The fourth-order valence-corrected chi connectivity index (χ4v) is 5.03. The van der Waals surface area contributed by atoms with E-state index in [-0.39, 0.29) is 6.04 Å². The highest BCUT2D eigenvalue weighted by Gasteiger charge is 2.51. The Morgan fingerprint density at radius 3 is 2.22 bits per heavy atom. The zero-order chi connectivity index (χ0) is 19.3. The summed E-state index contributed by atoms with van der Waals surface area (Å²) < 4.78 is 0. The number of benzene rings is 2. The summed E-state index contributed by atoms with van der Waals surface area (Å²) in [5.41, 5.74) is 2.14. The van der Waals surface area contributed by atoms with Crippen molar-refractivity contribution in [2.45, 2.75) is 25.4 Å². The molecule has 0 aliphatic carbocycles. The van der Waals surface area contributed by atoms with Crippen molar-refractivity contribution in [3.63, 3.8) is 0 Å². The standard InChI is InChI=1S/C20H16Cl2N2O2S/c1-11-16(18(25)26)27-19-23-20(2,13-5-9-15(22)10-6-13)17(24(11)19)12-3-7-14(21)8-4-12/h3-10,17H,1-2H3,(H,25,26)/t17?,20-/m0/s1. The second kappa shape index (κ2) is 6.59. The van der Waals surface area contributed by atoms with Crippen LogP contribution in [0.1, 0.15) is 31.0 Å². The van der Waals surface area contributed by atoms with Gasteiger partial charge in [-0.15, -0.1) is 0 Å². The average molecular weight is 419 g/mol. The van der Waals surface area contributed by atoms with Crippen molar-refractivity contribution in [2.24, 2.45) is 4.99 Å². The summed E-state index contributed by atoms with van der Waals surface area (Å²) in [6, 6.07) is 15.1. The van der Waals surface area contributed by atoms with Crippen LogP contribution < -0.4 is 0 Å². The molecule has 0 aromatic heterocycles. The Hall–Kier alpha value is -1.95. The lowest BCUT2D eigenvalue weighted by atomic mass is 9.81. The second-order valence-corrected chi connectivity index (χ2v) is 8.55. The molecule has 2 aliphatic heterocycles. The third-order valence-corrected chi connectivity index (χ3v) is 6.67. The largest absolute Gasteiger partial charge is 0.477 e. The topological polar surface area (TPSA) is 52.9 Å². The maximum Gasteiger partial charge on any atom is 0.344 e. The smallest absolute Gasteiger partial charge is 0.344 e. The minimum absolute atomic E-state index is 0.185. The maximum absolute atomic E-state index is 11.6. The van der Waals surface area contributed by atoms with E-state index in [0.717, 1.165) is 11.1 Å². The molecule has 0 bridgehead atoms. The van der Waals surface area contributed by atoms with Crippen LogP contribution in [0.3, 0.4) is 0 Å². The summed E-state index contributed by atoms with van der Waals surface area (Å²) in [7, 11) is 0.